The Hall–Kier alpha value is -1.41. The van der Waals surface area contributed by atoms with Crippen molar-refractivity contribution in [1.29, 1.82) is 0 Å². The first-order valence-corrected chi connectivity index (χ1v) is 6.64. The summed E-state index contributed by atoms with van der Waals surface area (Å²) in [7, 11) is 0. The Morgan fingerprint density at radius 2 is 2.35 bits per heavy atom. The molecule has 0 aliphatic rings. The molecule has 0 unspecified atom stereocenters. The van der Waals surface area contributed by atoms with Gasteiger partial charge in [-0.3, -0.25) is 0 Å². The topological polar surface area (TPSA) is 47.0 Å². The first-order chi connectivity index (χ1) is 8.29. The number of hydrogen-bond donors (Lipinski definition) is 1. The van der Waals surface area contributed by atoms with Crippen LogP contribution < -0.4 is 10.1 Å². The molecule has 0 spiro atoms. The van der Waals surface area contributed by atoms with Gasteiger partial charge < -0.3 is 10.1 Å². The van der Waals surface area contributed by atoms with Gasteiger partial charge in [0.15, 0.2) is 0 Å². The van der Waals surface area contributed by atoms with Crippen LogP contribution in [0.3, 0.4) is 0 Å². The fourth-order valence-corrected chi connectivity index (χ4v) is 1.78. The van der Waals surface area contributed by atoms with Gasteiger partial charge in [0, 0.05) is 12.3 Å². The van der Waals surface area contributed by atoms with Crippen molar-refractivity contribution in [1.82, 2.24) is 9.97 Å². The fourth-order valence-electron chi connectivity index (χ4n) is 1.27. The molecule has 0 atom stereocenters. The van der Waals surface area contributed by atoms with Crippen molar-refractivity contribution in [2.24, 2.45) is 0 Å². The normalized spacial score (nSPS) is 9.71. The molecule has 0 bridgehead atoms. The molecule has 0 saturated heterocycles. The molecule has 0 aromatic carbocycles. The second-order valence-corrected chi connectivity index (χ2v) is 4.37. The summed E-state index contributed by atoms with van der Waals surface area (Å²) in [5.41, 5.74) is 0.941. The number of ether oxygens (including phenoxy) is 1. The molecule has 92 valence electrons. The molecule has 5 heteroatoms. The van der Waals surface area contributed by atoms with Gasteiger partial charge in [0.1, 0.15) is 12.1 Å². The Bertz CT molecular complexity index is 390. The zero-order chi connectivity index (χ0) is 12.5. The lowest BCUT2D eigenvalue weighted by molar-refractivity contribution is 0.324. The van der Waals surface area contributed by atoms with Crippen LogP contribution in [0.25, 0.3) is 0 Å². The molecule has 0 aliphatic heterocycles. The molecule has 0 radical (unpaired) electrons. The van der Waals surface area contributed by atoms with Gasteiger partial charge in [-0.1, -0.05) is 5.92 Å². The smallest absolute Gasteiger partial charge is 0.221 e. The lowest BCUT2D eigenvalue weighted by Crippen LogP contribution is -2.09. The number of hydrogen-bond acceptors (Lipinski definition) is 5. The predicted octanol–water partition coefficient (Wildman–Crippen LogP) is 1.96. The van der Waals surface area contributed by atoms with Crippen LogP contribution in [0, 0.1) is 19.3 Å². The Morgan fingerprint density at radius 1 is 1.53 bits per heavy atom. The van der Waals surface area contributed by atoms with Crippen LogP contribution in [-0.4, -0.2) is 34.6 Å². The number of anilines is 1. The van der Waals surface area contributed by atoms with Crippen molar-refractivity contribution < 1.29 is 4.74 Å². The summed E-state index contributed by atoms with van der Waals surface area (Å²) >= 11 is 1.72. The minimum atomic E-state index is 0.606. The first kappa shape index (κ1) is 13.7. The summed E-state index contributed by atoms with van der Waals surface area (Å²) < 4.78 is 5.40. The van der Waals surface area contributed by atoms with E-state index in [0.717, 1.165) is 29.4 Å². The molecule has 4 nitrogen and oxygen atoms in total. The molecule has 0 aliphatic carbocycles. The molecule has 1 N–H and O–H groups in total. The van der Waals surface area contributed by atoms with Gasteiger partial charge in [-0.25, -0.2) is 9.97 Å². The number of rotatable bonds is 7. The fraction of sp³-hybridized carbons (Fsp3) is 0.500. The van der Waals surface area contributed by atoms with Gasteiger partial charge in [0.05, 0.1) is 17.9 Å². The molecule has 17 heavy (non-hydrogen) atoms. The molecule has 1 heterocycles. The summed E-state index contributed by atoms with van der Waals surface area (Å²) in [5.74, 6) is 5.76. The standard InChI is InChI=1S/C12H17N3OS/c1-4-7-17-8-6-13-11-10(3)12(16-5-2)15-9-14-11/h1,9H,5-8H2,2-3H3,(H,13,14,15). The second kappa shape index (κ2) is 7.80. The van der Waals surface area contributed by atoms with Crippen LogP contribution in [-0.2, 0) is 0 Å². The Balaban J connectivity index is 2.48. The van der Waals surface area contributed by atoms with E-state index in [2.05, 4.69) is 21.2 Å². The average molecular weight is 251 g/mol. The highest BCUT2D eigenvalue weighted by molar-refractivity contribution is 7.99. The number of nitrogens with one attached hydrogen (secondary N) is 1. The largest absolute Gasteiger partial charge is 0.478 e. The minimum absolute atomic E-state index is 0.606. The van der Waals surface area contributed by atoms with E-state index in [0.29, 0.717) is 12.5 Å². The second-order valence-electron chi connectivity index (χ2n) is 3.27. The van der Waals surface area contributed by atoms with Crippen LogP contribution in [0.5, 0.6) is 5.88 Å². The van der Waals surface area contributed by atoms with E-state index in [4.69, 9.17) is 11.2 Å². The third-order valence-electron chi connectivity index (χ3n) is 2.04. The summed E-state index contributed by atoms with van der Waals surface area (Å²) in [6.45, 7) is 5.32. The van der Waals surface area contributed by atoms with Crippen molar-refractivity contribution in [2.45, 2.75) is 13.8 Å². The van der Waals surface area contributed by atoms with E-state index in [9.17, 15) is 0 Å². The molecule has 1 aromatic heterocycles. The SMILES string of the molecule is C#CCSCCNc1ncnc(OCC)c1C. The Kier molecular flexibility index (Phi) is 6.26. The van der Waals surface area contributed by atoms with Crippen LogP contribution in [0.4, 0.5) is 5.82 Å². The summed E-state index contributed by atoms with van der Waals surface area (Å²) in [6.07, 6.45) is 6.68. The molecule has 0 saturated carbocycles. The highest BCUT2D eigenvalue weighted by Gasteiger charge is 2.06. The number of nitrogens with zero attached hydrogens (tertiary/aromatic N) is 2. The number of aromatic nitrogens is 2. The molecule has 0 amide bonds. The van der Waals surface area contributed by atoms with Crippen LogP contribution >= 0.6 is 11.8 Å². The predicted molar refractivity (Wildman–Crippen MR) is 72.6 cm³/mol. The van der Waals surface area contributed by atoms with Gasteiger partial charge in [0.25, 0.3) is 0 Å². The van der Waals surface area contributed by atoms with Crippen LogP contribution in [0.15, 0.2) is 6.33 Å². The molecular formula is C12H17N3OS. The summed E-state index contributed by atoms with van der Waals surface area (Å²) in [4.78, 5) is 8.27. The van der Waals surface area contributed by atoms with E-state index in [1.165, 1.54) is 6.33 Å². The van der Waals surface area contributed by atoms with Gasteiger partial charge in [-0.2, -0.15) is 0 Å². The van der Waals surface area contributed by atoms with E-state index in [1.54, 1.807) is 11.8 Å². The van der Waals surface area contributed by atoms with Gasteiger partial charge in [0.2, 0.25) is 5.88 Å². The molecular weight excluding hydrogens is 234 g/mol. The third kappa shape index (κ3) is 4.53. The van der Waals surface area contributed by atoms with Gasteiger partial charge >= 0.3 is 0 Å². The monoisotopic (exact) mass is 251 g/mol. The number of terminal acetylenes is 1. The first-order valence-electron chi connectivity index (χ1n) is 5.49. The van der Waals surface area contributed by atoms with Crippen molar-refractivity contribution >= 4 is 17.6 Å². The quantitative estimate of drug-likeness (QED) is 0.593. The maximum Gasteiger partial charge on any atom is 0.221 e. The zero-order valence-electron chi connectivity index (χ0n) is 10.2. The molecule has 1 aromatic rings. The van der Waals surface area contributed by atoms with E-state index in [1.807, 2.05) is 13.8 Å². The van der Waals surface area contributed by atoms with Crippen molar-refractivity contribution in [3.63, 3.8) is 0 Å². The lowest BCUT2D eigenvalue weighted by Gasteiger charge is -2.10. The van der Waals surface area contributed by atoms with E-state index in [-0.39, 0.29) is 0 Å². The zero-order valence-corrected chi connectivity index (χ0v) is 11.0. The van der Waals surface area contributed by atoms with Crippen molar-refractivity contribution in [2.75, 3.05) is 30.0 Å². The Morgan fingerprint density at radius 3 is 3.06 bits per heavy atom. The van der Waals surface area contributed by atoms with Crippen molar-refractivity contribution in [3.05, 3.63) is 11.9 Å². The highest BCUT2D eigenvalue weighted by atomic mass is 32.2. The summed E-state index contributed by atoms with van der Waals surface area (Å²) in [6, 6.07) is 0. The minimum Gasteiger partial charge on any atom is -0.478 e. The van der Waals surface area contributed by atoms with Crippen LogP contribution in [0.1, 0.15) is 12.5 Å². The van der Waals surface area contributed by atoms with Gasteiger partial charge in [-0.05, 0) is 13.8 Å². The van der Waals surface area contributed by atoms with E-state index < -0.39 is 0 Å². The lowest BCUT2D eigenvalue weighted by atomic mass is 10.3. The summed E-state index contributed by atoms with van der Waals surface area (Å²) in [5, 5.41) is 3.25. The maximum absolute atomic E-state index is 5.40. The number of thioether (sulfide) groups is 1. The van der Waals surface area contributed by atoms with Crippen LogP contribution in [0.2, 0.25) is 0 Å². The molecule has 0 fully saturated rings. The van der Waals surface area contributed by atoms with Crippen molar-refractivity contribution in [3.8, 4) is 18.2 Å². The van der Waals surface area contributed by atoms with E-state index >= 15 is 0 Å². The average Bonchev–Trinajstić information content (AvgIpc) is 2.33. The Labute approximate surface area is 107 Å². The highest BCUT2D eigenvalue weighted by Crippen LogP contribution is 2.19. The maximum atomic E-state index is 5.40. The third-order valence-corrected chi connectivity index (χ3v) is 2.91. The molecule has 1 rings (SSSR count). The van der Waals surface area contributed by atoms with Gasteiger partial charge in [-0.15, -0.1) is 18.2 Å².